The van der Waals surface area contributed by atoms with Gasteiger partial charge in [-0.25, -0.2) is 23.6 Å². The monoisotopic (exact) mass is 420 g/mol. The molecule has 1 atom stereocenters. The molecule has 0 aliphatic rings. The Balaban J connectivity index is 1.81. The van der Waals surface area contributed by atoms with Gasteiger partial charge in [-0.15, -0.1) is 5.10 Å². The van der Waals surface area contributed by atoms with Gasteiger partial charge in [-0.2, -0.15) is 0 Å². The van der Waals surface area contributed by atoms with Crippen LogP contribution in [-0.4, -0.2) is 42.1 Å². The van der Waals surface area contributed by atoms with Crippen LogP contribution in [0.2, 0.25) is 5.15 Å². The van der Waals surface area contributed by atoms with E-state index in [2.05, 4.69) is 25.6 Å². The lowest BCUT2D eigenvalue weighted by Crippen LogP contribution is -2.18. The van der Waals surface area contributed by atoms with Crippen LogP contribution < -0.4 is 5.32 Å². The minimum Gasteiger partial charge on any atom is -0.478 e. The molecule has 0 aliphatic carbocycles. The largest absolute Gasteiger partial charge is 0.478 e. The van der Waals surface area contributed by atoms with Crippen molar-refractivity contribution in [1.29, 1.82) is 0 Å². The fourth-order valence-corrected chi connectivity index (χ4v) is 2.71. The highest BCUT2D eigenvalue weighted by atomic mass is 35.5. The molecule has 12 heteroatoms. The first-order chi connectivity index (χ1) is 13.8. The minimum absolute atomic E-state index is 0.0146. The van der Waals surface area contributed by atoms with E-state index in [1.807, 2.05) is 0 Å². The van der Waals surface area contributed by atoms with E-state index in [9.17, 15) is 14.0 Å². The van der Waals surface area contributed by atoms with Gasteiger partial charge >= 0.3 is 12.1 Å². The maximum Gasteiger partial charge on any atom is 0.413 e. The fraction of sp³-hybridized carbons (Fsp3) is 0.176. The molecule has 1 amide bonds. The number of halogens is 2. The van der Waals surface area contributed by atoms with Crippen molar-refractivity contribution in [3.63, 3.8) is 0 Å². The van der Waals surface area contributed by atoms with Crippen LogP contribution in [0.1, 0.15) is 28.9 Å². The van der Waals surface area contributed by atoms with Gasteiger partial charge in [0.15, 0.2) is 11.5 Å². The van der Waals surface area contributed by atoms with Gasteiger partial charge in [0, 0.05) is 31.1 Å². The van der Waals surface area contributed by atoms with Crippen LogP contribution in [0.5, 0.6) is 0 Å². The van der Waals surface area contributed by atoms with Gasteiger partial charge in [-0.1, -0.05) is 22.9 Å². The lowest BCUT2D eigenvalue weighted by atomic mass is 10.2. The second-order valence-electron chi connectivity index (χ2n) is 5.82. The van der Waals surface area contributed by atoms with Crippen LogP contribution in [-0.2, 0) is 11.8 Å². The zero-order chi connectivity index (χ0) is 21.1. The average molecular weight is 421 g/mol. The number of carbonyl (C=O) groups excluding carboxylic acids is 1. The molecular weight excluding hydrogens is 407 g/mol. The van der Waals surface area contributed by atoms with Gasteiger partial charge in [-0.05, 0) is 13.0 Å². The normalized spacial score (nSPS) is 11.7. The number of carbonyl (C=O) groups is 2. The number of carboxylic acid groups (broad SMARTS) is 1. The first-order valence-corrected chi connectivity index (χ1v) is 8.52. The summed E-state index contributed by atoms with van der Waals surface area (Å²) in [6.07, 6.45) is 0.822. The molecule has 0 aromatic carbocycles. The number of hydrogen-bond donors (Lipinski definition) is 2. The van der Waals surface area contributed by atoms with Crippen LogP contribution in [0.3, 0.4) is 0 Å². The lowest BCUT2D eigenvalue weighted by Gasteiger charge is -2.15. The molecule has 0 fully saturated rings. The molecule has 150 valence electrons. The van der Waals surface area contributed by atoms with Crippen LogP contribution in [0.4, 0.5) is 15.0 Å². The molecule has 1 unspecified atom stereocenters. The van der Waals surface area contributed by atoms with E-state index in [4.69, 9.17) is 21.4 Å². The highest BCUT2D eigenvalue weighted by Crippen LogP contribution is 2.27. The number of carboxylic acids is 1. The Morgan fingerprint density at radius 1 is 1.38 bits per heavy atom. The van der Waals surface area contributed by atoms with E-state index in [0.29, 0.717) is 5.56 Å². The first-order valence-electron chi connectivity index (χ1n) is 8.15. The highest BCUT2D eigenvalue weighted by molar-refractivity contribution is 6.30. The van der Waals surface area contributed by atoms with Crippen LogP contribution in [0.15, 0.2) is 30.6 Å². The van der Waals surface area contributed by atoms with Crippen molar-refractivity contribution in [2.24, 2.45) is 7.05 Å². The summed E-state index contributed by atoms with van der Waals surface area (Å²) in [6, 6.07) is 4.21. The zero-order valence-corrected chi connectivity index (χ0v) is 15.9. The predicted octanol–water partition coefficient (Wildman–Crippen LogP) is 3.07. The molecule has 10 nitrogen and oxygen atoms in total. The number of aromatic nitrogens is 5. The molecule has 0 aliphatic heterocycles. The number of hydrogen-bond acceptors (Lipinski definition) is 7. The van der Waals surface area contributed by atoms with Crippen molar-refractivity contribution in [3.05, 3.63) is 52.7 Å². The minimum atomic E-state index is -1.45. The smallest absolute Gasteiger partial charge is 0.413 e. The second-order valence-corrected chi connectivity index (χ2v) is 6.18. The van der Waals surface area contributed by atoms with Crippen molar-refractivity contribution in [2.75, 3.05) is 5.32 Å². The summed E-state index contributed by atoms with van der Waals surface area (Å²) in [6.45, 7) is 1.62. The van der Waals surface area contributed by atoms with E-state index in [0.717, 1.165) is 12.3 Å². The van der Waals surface area contributed by atoms with E-state index >= 15 is 0 Å². The number of ether oxygens (including phenoxy) is 1. The number of amides is 1. The summed E-state index contributed by atoms with van der Waals surface area (Å²) in [5.74, 6) is -2.37. The van der Waals surface area contributed by atoms with Crippen molar-refractivity contribution in [3.8, 4) is 11.4 Å². The Hall–Kier alpha value is -3.60. The number of anilines is 1. The second kappa shape index (κ2) is 8.19. The summed E-state index contributed by atoms with van der Waals surface area (Å²) >= 11 is 5.99. The highest BCUT2D eigenvalue weighted by Gasteiger charge is 2.22. The van der Waals surface area contributed by atoms with Gasteiger partial charge in [0.2, 0.25) is 0 Å². The van der Waals surface area contributed by atoms with Gasteiger partial charge in [0.05, 0.1) is 5.69 Å². The number of aryl methyl sites for hydroxylation is 1. The summed E-state index contributed by atoms with van der Waals surface area (Å²) in [4.78, 5) is 31.0. The molecule has 3 aromatic heterocycles. The number of nitrogens with zero attached hydrogens (tertiary/aromatic N) is 5. The Kier molecular flexibility index (Phi) is 5.69. The van der Waals surface area contributed by atoms with E-state index in [1.165, 1.54) is 17.9 Å². The number of rotatable bonds is 5. The van der Waals surface area contributed by atoms with E-state index in [1.54, 1.807) is 19.1 Å². The van der Waals surface area contributed by atoms with Gasteiger partial charge in [0.25, 0.3) is 0 Å². The van der Waals surface area contributed by atoms with E-state index < -0.39 is 29.5 Å². The summed E-state index contributed by atoms with van der Waals surface area (Å²) in [5.41, 5.74) is -0.0546. The third kappa shape index (κ3) is 4.29. The van der Waals surface area contributed by atoms with Crippen molar-refractivity contribution in [1.82, 2.24) is 25.0 Å². The third-order valence-corrected chi connectivity index (χ3v) is 4.20. The van der Waals surface area contributed by atoms with Crippen molar-refractivity contribution < 1.29 is 23.8 Å². The molecule has 29 heavy (non-hydrogen) atoms. The Morgan fingerprint density at radius 3 is 2.79 bits per heavy atom. The average Bonchev–Trinajstić information content (AvgIpc) is 3.02. The fourth-order valence-electron chi connectivity index (χ4n) is 2.44. The maximum atomic E-state index is 14.0. The third-order valence-electron chi connectivity index (χ3n) is 3.88. The van der Waals surface area contributed by atoms with Gasteiger partial charge in [0.1, 0.15) is 22.6 Å². The van der Waals surface area contributed by atoms with Crippen molar-refractivity contribution in [2.45, 2.75) is 13.0 Å². The lowest BCUT2D eigenvalue weighted by molar-refractivity contribution is 0.0691. The molecule has 3 aromatic rings. The van der Waals surface area contributed by atoms with E-state index in [-0.39, 0.29) is 22.4 Å². The standard InChI is InChI=1S/C17H14ClFN6O4/c1-8(9-4-3-5-20-14(9)18)29-17(28)22-15-13(23-24-25(15)2)12-6-11(19)10(7-21-12)16(26)27/h3-8H,1-2H3,(H,22,28)(H,26,27). The molecular formula is C17H14ClFN6O4. The van der Waals surface area contributed by atoms with Gasteiger partial charge < -0.3 is 9.84 Å². The Morgan fingerprint density at radius 2 is 2.14 bits per heavy atom. The first kappa shape index (κ1) is 20.1. The summed E-state index contributed by atoms with van der Waals surface area (Å²) in [7, 11) is 1.50. The number of pyridine rings is 2. The van der Waals surface area contributed by atoms with Crippen LogP contribution in [0, 0.1) is 5.82 Å². The SMILES string of the molecule is CC(OC(=O)Nc1c(-c2cc(F)c(C(=O)O)cn2)nnn1C)c1cccnc1Cl. The molecule has 3 heterocycles. The zero-order valence-electron chi connectivity index (χ0n) is 15.1. The molecule has 3 rings (SSSR count). The molecule has 0 radical (unpaired) electrons. The molecule has 2 N–H and O–H groups in total. The number of nitrogens with one attached hydrogen (secondary N) is 1. The predicted molar refractivity (Wildman–Crippen MR) is 98.9 cm³/mol. The van der Waals surface area contributed by atoms with Gasteiger partial charge in [-0.3, -0.25) is 10.3 Å². The molecule has 0 bridgehead atoms. The number of aromatic carboxylic acids is 1. The molecule has 0 saturated heterocycles. The summed E-state index contributed by atoms with van der Waals surface area (Å²) in [5, 5.41) is 19.2. The maximum absolute atomic E-state index is 14.0. The van der Waals surface area contributed by atoms with Crippen LogP contribution in [0.25, 0.3) is 11.4 Å². The van der Waals surface area contributed by atoms with Crippen LogP contribution >= 0.6 is 11.6 Å². The topological polar surface area (TPSA) is 132 Å². The Labute approximate surface area is 168 Å². The summed E-state index contributed by atoms with van der Waals surface area (Å²) < 4.78 is 20.5. The Bertz CT molecular complexity index is 1090. The molecule has 0 spiro atoms. The quantitative estimate of drug-likeness (QED) is 0.602. The molecule has 0 saturated carbocycles. The van der Waals surface area contributed by atoms with Crippen molar-refractivity contribution >= 4 is 29.5 Å².